The molecule has 74 valence electrons. The van der Waals surface area contributed by atoms with Gasteiger partial charge in [0, 0.05) is 12.4 Å². The van der Waals surface area contributed by atoms with E-state index >= 15 is 0 Å². The van der Waals surface area contributed by atoms with Crippen molar-refractivity contribution in [3.63, 3.8) is 0 Å². The highest BCUT2D eigenvalue weighted by molar-refractivity contribution is 5.13. The van der Waals surface area contributed by atoms with E-state index in [1.807, 2.05) is 44.2 Å². The van der Waals surface area contributed by atoms with Crippen LogP contribution in [0.25, 0.3) is 0 Å². The van der Waals surface area contributed by atoms with Gasteiger partial charge in [-0.15, -0.1) is 0 Å². The van der Waals surface area contributed by atoms with Gasteiger partial charge in [-0.1, -0.05) is 6.08 Å². The first-order valence-corrected chi connectivity index (χ1v) is 4.67. The second-order valence-corrected chi connectivity index (χ2v) is 2.84. The largest absolute Gasteiger partial charge is 0.489 e. The highest BCUT2D eigenvalue weighted by Gasteiger charge is 1.93. The fourth-order valence-corrected chi connectivity index (χ4v) is 1.04. The van der Waals surface area contributed by atoms with E-state index in [-0.39, 0.29) is 0 Å². The lowest BCUT2D eigenvalue weighted by Crippen LogP contribution is -1.91. The third-order valence-electron chi connectivity index (χ3n) is 1.77. The Morgan fingerprint density at radius 3 is 2.64 bits per heavy atom. The van der Waals surface area contributed by atoms with Crippen molar-refractivity contribution < 1.29 is 4.74 Å². The van der Waals surface area contributed by atoms with E-state index in [2.05, 4.69) is 4.98 Å². The Morgan fingerprint density at radius 2 is 2.07 bits per heavy atom. The van der Waals surface area contributed by atoms with Crippen LogP contribution in [-0.2, 0) is 11.3 Å². The minimum absolute atomic E-state index is 0.590. The summed E-state index contributed by atoms with van der Waals surface area (Å²) in [6.07, 6.45) is 9.39. The lowest BCUT2D eigenvalue weighted by molar-refractivity contribution is 0.210. The van der Waals surface area contributed by atoms with E-state index in [9.17, 15) is 0 Å². The van der Waals surface area contributed by atoms with Crippen molar-refractivity contribution >= 4 is 0 Å². The molecule has 0 spiro atoms. The minimum atomic E-state index is 0.590. The molecule has 0 amide bonds. The molecule has 14 heavy (non-hydrogen) atoms. The minimum Gasteiger partial charge on any atom is -0.489 e. The average molecular weight is 189 g/mol. The molecule has 0 atom stereocenters. The molecule has 2 nitrogen and oxygen atoms in total. The summed E-state index contributed by atoms with van der Waals surface area (Å²) in [7, 11) is 0. The number of allylic oxidation sites excluding steroid dienone is 3. The molecule has 0 fully saturated rings. The van der Waals surface area contributed by atoms with Gasteiger partial charge in [-0.05, 0) is 43.7 Å². The molecule has 0 saturated heterocycles. The molecule has 1 aromatic rings. The molecule has 0 radical (unpaired) electrons. The zero-order valence-corrected chi connectivity index (χ0v) is 8.60. The van der Waals surface area contributed by atoms with E-state index in [0.717, 1.165) is 11.3 Å². The maximum absolute atomic E-state index is 5.56. The first-order valence-electron chi connectivity index (χ1n) is 4.67. The number of aromatic nitrogens is 1. The Morgan fingerprint density at radius 1 is 1.36 bits per heavy atom. The topological polar surface area (TPSA) is 22.1 Å². The molecular weight excluding hydrogens is 174 g/mol. The molecule has 0 N–H and O–H groups in total. The van der Waals surface area contributed by atoms with Gasteiger partial charge in [0.05, 0.1) is 0 Å². The Bertz CT molecular complexity index is 314. The second-order valence-electron chi connectivity index (χ2n) is 2.84. The van der Waals surface area contributed by atoms with Crippen LogP contribution in [0.2, 0.25) is 0 Å². The van der Waals surface area contributed by atoms with Crippen LogP contribution in [0.4, 0.5) is 0 Å². The summed E-state index contributed by atoms with van der Waals surface area (Å²) in [4.78, 5) is 3.94. The predicted octanol–water partition coefficient (Wildman–Crippen LogP) is 3.08. The van der Waals surface area contributed by atoms with Crippen LogP contribution < -0.4 is 0 Å². The molecule has 0 bridgehead atoms. The molecule has 1 rings (SSSR count). The van der Waals surface area contributed by atoms with Crippen molar-refractivity contribution in [1.82, 2.24) is 4.98 Å². The van der Waals surface area contributed by atoms with Gasteiger partial charge in [0.2, 0.25) is 0 Å². The summed E-state index contributed by atoms with van der Waals surface area (Å²) in [5.74, 6) is 0.893. The van der Waals surface area contributed by atoms with Crippen molar-refractivity contribution in [2.75, 3.05) is 0 Å². The first kappa shape index (κ1) is 10.5. The van der Waals surface area contributed by atoms with Gasteiger partial charge in [0.25, 0.3) is 0 Å². The maximum Gasteiger partial charge on any atom is 0.115 e. The number of pyridine rings is 1. The van der Waals surface area contributed by atoms with E-state index < -0.39 is 0 Å². The van der Waals surface area contributed by atoms with Gasteiger partial charge in [0.15, 0.2) is 0 Å². The third kappa shape index (κ3) is 3.44. The summed E-state index contributed by atoms with van der Waals surface area (Å²) in [6.45, 7) is 4.52. The number of nitrogens with zero attached hydrogens (tertiary/aromatic N) is 1. The number of ether oxygens (including phenoxy) is 1. The van der Waals surface area contributed by atoms with Crippen molar-refractivity contribution in [2.24, 2.45) is 0 Å². The third-order valence-corrected chi connectivity index (χ3v) is 1.77. The predicted molar refractivity (Wildman–Crippen MR) is 57.6 cm³/mol. The van der Waals surface area contributed by atoms with Gasteiger partial charge in [-0.3, -0.25) is 4.98 Å². The first-order chi connectivity index (χ1) is 6.86. The molecule has 1 heterocycles. The Labute approximate surface area is 84.9 Å². The normalized spacial score (nSPS) is 12.0. The van der Waals surface area contributed by atoms with Crippen LogP contribution in [0.5, 0.6) is 0 Å². The Hall–Kier alpha value is -1.57. The lowest BCUT2D eigenvalue weighted by Gasteiger charge is -2.05. The summed E-state index contributed by atoms with van der Waals surface area (Å²) < 4.78 is 5.56. The fourth-order valence-electron chi connectivity index (χ4n) is 1.04. The molecular formula is C12H15NO. The molecule has 2 heteroatoms. The van der Waals surface area contributed by atoms with Crippen LogP contribution in [0.3, 0.4) is 0 Å². The van der Waals surface area contributed by atoms with Gasteiger partial charge in [-0.2, -0.15) is 0 Å². The van der Waals surface area contributed by atoms with Crippen LogP contribution in [0, 0.1) is 0 Å². The van der Waals surface area contributed by atoms with Gasteiger partial charge < -0.3 is 4.74 Å². The molecule has 1 aromatic heterocycles. The zero-order chi connectivity index (χ0) is 10.2. The molecule has 0 aliphatic rings. The summed E-state index contributed by atoms with van der Waals surface area (Å²) in [5, 5.41) is 0. The van der Waals surface area contributed by atoms with Crippen molar-refractivity contribution in [3.8, 4) is 0 Å². The molecule has 0 aliphatic heterocycles. The van der Waals surface area contributed by atoms with Crippen LogP contribution in [-0.4, -0.2) is 4.98 Å². The fraction of sp³-hybridized carbons (Fsp3) is 0.250. The van der Waals surface area contributed by atoms with Gasteiger partial charge >= 0.3 is 0 Å². The lowest BCUT2D eigenvalue weighted by atomic mass is 10.3. The molecule has 0 saturated carbocycles. The average Bonchev–Trinajstić information content (AvgIpc) is 2.25. The maximum atomic E-state index is 5.56. The summed E-state index contributed by atoms with van der Waals surface area (Å²) in [6, 6.07) is 3.89. The van der Waals surface area contributed by atoms with E-state index in [1.54, 1.807) is 12.4 Å². The number of hydrogen-bond donors (Lipinski definition) is 0. The highest BCUT2D eigenvalue weighted by atomic mass is 16.5. The Balaban J connectivity index is 2.48. The van der Waals surface area contributed by atoms with Crippen molar-refractivity contribution in [1.29, 1.82) is 0 Å². The van der Waals surface area contributed by atoms with Gasteiger partial charge in [-0.25, -0.2) is 0 Å². The van der Waals surface area contributed by atoms with E-state index in [4.69, 9.17) is 4.74 Å². The molecule has 0 unspecified atom stereocenters. The zero-order valence-electron chi connectivity index (χ0n) is 8.60. The van der Waals surface area contributed by atoms with Crippen molar-refractivity contribution in [3.05, 3.63) is 54.1 Å². The molecule has 0 aromatic carbocycles. The smallest absolute Gasteiger partial charge is 0.115 e. The van der Waals surface area contributed by atoms with E-state index in [0.29, 0.717) is 6.61 Å². The quantitative estimate of drug-likeness (QED) is 0.536. The van der Waals surface area contributed by atoms with Gasteiger partial charge in [0.1, 0.15) is 12.4 Å². The number of rotatable bonds is 4. The summed E-state index contributed by atoms with van der Waals surface area (Å²) >= 11 is 0. The van der Waals surface area contributed by atoms with Crippen LogP contribution in [0.15, 0.2) is 48.5 Å². The highest BCUT2D eigenvalue weighted by Crippen LogP contribution is 2.05. The second kappa shape index (κ2) is 5.97. The number of hydrogen-bond acceptors (Lipinski definition) is 2. The van der Waals surface area contributed by atoms with Crippen LogP contribution in [0.1, 0.15) is 19.4 Å². The van der Waals surface area contributed by atoms with Crippen molar-refractivity contribution in [2.45, 2.75) is 20.5 Å². The monoisotopic (exact) mass is 189 g/mol. The van der Waals surface area contributed by atoms with E-state index in [1.165, 1.54) is 0 Å². The summed E-state index contributed by atoms with van der Waals surface area (Å²) in [5.41, 5.74) is 1.13. The SMILES string of the molecule is C/C=C\C(=C/C)OCc1ccncc1. The Kier molecular flexibility index (Phi) is 4.48. The molecule has 0 aliphatic carbocycles. The van der Waals surface area contributed by atoms with Crippen LogP contribution >= 0.6 is 0 Å². The standard InChI is InChI=1S/C12H15NO/c1-3-5-12(4-2)14-10-11-6-8-13-9-7-11/h3-9H,10H2,1-2H3/b5-3-,12-4+.